The molecule has 7 heteroatoms. The maximum Gasteiger partial charge on any atom is 0.171 e. The molecule has 6 nitrogen and oxygen atoms in total. The quantitative estimate of drug-likeness (QED) is 0.573. The van der Waals surface area contributed by atoms with E-state index in [-0.39, 0.29) is 6.04 Å². The maximum absolute atomic E-state index is 5.54. The molecule has 2 aromatic rings. The highest BCUT2D eigenvalue weighted by atomic mass is 32.1. The van der Waals surface area contributed by atoms with E-state index in [1.54, 1.807) is 7.11 Å². The first-order valence-corrected chi connectivity index (χ1v) is 10.4. The Balaban J connectivity index is 1.61. The summed E-state index contributed by atoms with van der Waals surface area (Å²) in [6, 6.07) is 16.4. The fourth-order valence-corrected chi connectivity index (χ4v) is 3.69. The van der Waals surface area contributed by atoms with Crippen molar-refractivity contribution in [3.05, 3.63) is 54.1 Å². The van der Waals surface area contributed by atoms with Crippen LogP contribution in [0.4, 0.5) is 5.69 Å². The SMILES string of the molecule is CCOc1ccc(NC(=S)NC[C@H](c2ccc(OC)cc2)[NH+]2CCOCC2)cc1. The Kier molecular flexibility index (Phi) is 8.10. The summed E-state index contributed by atoms with van der Waals surface area (Å²) in [5.41, 5.74) is 2.20. The molecule has 1 atom stereocenters. The molecule has 1 heterocycles. The van der Waals surface area contributed by atoms with Gasteiger partial charge >= 0.3 is 0 Å². The van der Waals surface area contributed by atoms with Gasteiger partial charge in [0.1, 0.15) is 30.6 Å². The monoisotopic (exact) mass is 416 g/mol. The Labute approximate surface area is 178 Å². The highest BCUT2D eigenvalue weighted by molar-refractivity contribution is 7.80. The molecule has 156 valence electrons. The van der Waals surface area contributed by atoms with Gasteiger partial charge in [0.05, 0.1) is 33.5 Å². The number of anilines is 1. The first-order chi connectivity index (χ1) is 14.2. The second-order valence-electron chi connectivity index (χ2n) is 6.89. The largest absolute Gasteiger partial charge is 0.497 e. The van der Waals surface area contributed by atoms with Gasteiger partial charge in [-0.25, -0.2) is 0 Å². The molecule has 1 fully saturated rings. The molecule has 0 radical (unpaired) electrons. The second kappa shape index (κ2) is 11.0. The van der Waals surface area contributed by atoms with E-state index < -0.39 is 0 Å². The Bertz CT molecular complexity index is 762. The molecule has 29 heavy (non-hydrogen) atoms. The van der Waals surface area contributed by atoms with Crippen LogP contribution in [0.5, 0.6) is 11.5 Å². The predicted molar refractivity (Wildman–Crippen MR) is 119 cm³/mol. The molecule has 0 saturated carbocycles. The third-order valence-electron chi connectivity index (χ3n) is 5.04. The van der Waals surface area contributed by atoms with Crippen LogP contribution in [0.2, 0.25) is 0 Å². The van der Waals surface area contributed by atoms with Crippen molar-refractivity contribution in [3.8, 4) is 11.5 Å². The van der Waals surface area contributed by atoms with Gasteiger partial charge in [0.15, 0.2) is 5.11 Å². The zero-order valence-corrected chi connectivity index (χ0v) is 17.9. The average Bonchev–Trinajstić information content (AvgIpc) is 2.77. The summed E-state index contributed by atoms with van der Waals surface area (Å²) in [5, 5.41) is 7.25. The van der Waals surface area contributed by atoms with Crippen molar-refractivity contribution in [2.75, 3.05) is 51.9 Å². The van der Waals surface area contributed by atoms with Crippen LogP contribution in [0.15, 0.2) is 48.5 Å². The lowest BCUT2D eigenvalue weighted by Gasteiger charge is -2.32. The van der Waals surface area contributed by atoms with E-state index in [1.165, 1.54) is 10.5 Å². The molecule has 0 spiro atoms. The molecule has 0 aromatic heterocycles. The average molecular weight is 417 g/mol. The van der Waals surface area contributed by atoms with Gasteiger partial charge < -0.3 is 29.7 Å². The van der Waals surface area contributed by atoms with Crippen molar-refractivity contribution in [2.24, 2.45) is 0 Å². The topological polar surface area (TPSA) is 56.2 Å². The highest BCUT2D eigenvalue weighted by Gasteiger charge is 2.26. The molecule has 0 bridgehead atoms. The number of methoxy groups -OCH3 is 1. The standard InChI is InChI=1S/C22H29N3O3S/c1-3-28-20-10-6-18(7-11-20)24-22(29)23-16-21(25-12-14-27-15-13-25)17-4-8-19(26-2)9-5-17/h4-11,21H,3,12-16H2,1-2H3,(H2,23,24,29)/p+1/t21-/m1/s1. The number of nitrogens with one attached hydrogen (secondary N) is 3. The van der Waals surface area contributed by atoms with E-state index in [1.807, 2.05) is 43.3 Å². The Morgan fingerprint density at radius 2 is 1.72 bits per heavy atom. The normalized spacial score (nSPS) is 15.4. The van der Waals surface area contributed by atoms with Gasteiger partial charge in [0.2, 0.25) is 0 Å². The van der Waals surface area contributed by atoms with Gasteiger partial charge in [-0.3, -0.25) is 0 Å². The number of thiocarbonyl (C=S) groups is 1. The molecule has 1 saturated heterocycles. The van der Waals surface area contributed by atoms with Crippen LogP contribution >= 0.6 is 12.2 Å². The lowest BCUT2D eigenvalue weighted by Crippen LogP contribution is -3.15. The van der Waals surface area contributed by atoms with Crippen LogP contribution in [0, 0.1) is 0 Å². The molecular weight excluding hydrogens is 386 g/mol. The van der Waals surface area contributed by atoms with E-state index in [0.29, 0.717) is 11.7 Å². The summed E-state index contributed by atoms with van der Waals surface area (Å²) in [6.07, 6.45) is 0. The zero-order chi connectivity index (χ0) is 20.5. The van der Waals surface area contributed by atoms with Gasteiger partial charge in [-0.05, 0) is 67.7 Å². The molecule has 3 N–H and O–H groups in total. The van der Waals surface area contributed by atoms with E-state index in [4.69, 9.17) is 26.4 Å². The number of benzene rings is 2. The van der Waals surface area contributed by atoms with Crippen LogP contribution < -0.4 is 25.0 Å². The van der Waals surface area contributed by atoms with Gasteiger partial charge in [-0.2, -0.15) is 0 Å². The molecule has 2 aromatic carbocycles. The van der Waals surface area contributed by atoms with Crippen molar-refractivity contribution in [2.45, 2.75) is 13.0 Å². The van der Waals surface area contributed by atoms with E-state index in [2.05, 4.69) is 22.8 Å². The first-order valence-electron chi connectivity index (χ1n) is 10.0. The minimum atomic E-state index is 0.282. The Morgan fingerprint density at radius 1 is 1.07 bits per heavy atom. The van der Waals surface area contributed by atoms with Crippen molar-refractivity contribution in [1.29, 1.82) is 0 Å². The molecule has 0 aliphatic carbocycles. The van der Waals surface area contributed by atoms with Gasteiger partial charge in [0, 0.05) is 11.3 Å². The van der Waals surface area contributed by atoms with E-state index >= 15 is 0 Å². The summed E-state index contributed by atoms with van der Waals surface area (Å²) in [7, 11) is 1.69. The van der Waals surface area contributed by atoms with Crippen LogP contribution in [-0.4, -0.2) is 51.7 Å². The highest BCUT2D eigenvalue weighted by Crippen LogP contribution is 2.17. The smallest absolute Gasteiger partial charge is 0.171 e. The Morgan fingerprint density at radius 3 is 2.34 bits per heavy atom. The molecule has 1 aliphatic rings. The molecule has 0 amide bonds. The minimum Gasteiger partial charge on any atom is -0.497 e. The second-order valence-corrected chi connectivity index (χ2v) is 7.30. The van der Waals surface area contributed by atoms with Gasteiger partial charge in [-0.1, -0.05) is 0 Å². The molecule has 3 rings (SSSR count). The third-order valence-corrected chi connectivity index (χ3v) is 5.28. The van der Waals surface area contributed by atoms with Crippen LogP contribution in [0.3, 0.4) is 0 Å². The van der Waals surface area contributed by atoms with Crippen molar-refractivity contribution >= 4 is 23.0 Å². The maximum atomic E-state index is 5.54. The first kappa shape index (κ1) is 21.4. The summed E-state index contributed by atoms with van der Waals surface area (Å²) >= 11 is 5.52. The number of hydrogen-bond donors (Lipinski definition) is 3. The number of quaternary nitrogens is 1. The summed E-state index contributed by atoms with van der Waals surface area (Å²) < 4.78 is 16.3. The van der Waals surface area contributed by atoms with E-state index in [0.717, 1.165) is 50.0 Å². The van der Waals surface area contributed by atoms with Crippen LogP contribution in [0.25, 0.3) is 0 Å². The number of morpholine rings is 1. The molecule has 1 aliphatic heterocycles. The fourth-order valence-electron chi connectivity index (χ4n) is 3.49. The fraction of sp³-hybridized carbons (Fsp3) is 0.409. The van der Waals surface area contributed by atoms with Gasteiger partial charge in [0.25, 0.3) is 0 Å². The lowest BCUT2D eigenvalue weighted by molar-refractivity contribution is -0.937. The zero-order valence-electron chi connectivity index (χ0n) is 17.1. The number of hydrogen-bond acceptors (Lipinski definition) is 4. The minimum absolute atomic E-state index is 0.282. The van der Waals surface area contributed by atoms with Gasteiger partial charge in [-0.15, -0.1) is 0 Å². The lowest BCUT2D eigenvalue weighted by atomic mass is 10.0. The van der Waals surface area contributed by atoms with Crippen molar-refractivity contribution in [3.63, 3.8) is 0 Å². The van der Waals surface area contributed by atoms with Crippen molar-refractivity contribution < 1.29 is 19.1 Å². The van der Waals surface area contributed by atoms with Crippen LogP contribution in [0.1, 0.15) is 18.5 Å². The Hall–Kier alpha value is -2.35. The third kappa shape index (κ3) is 6.32. The number of ether oxygens (including phenoxy) is 3. The van der Waals surface area contributed by atoms with Crippen LogP contribution in [-0.2, 0) is 4.74 Å². The summed E-state index contributed by atoms with van der Waals surface area (Å²) in [5.74, 6) is 1.72. The predicted octanol–water partition coefficient (Wildman–Crippen LogP) is 2.04. The molecule has 0 unspecified atom stereocenters. The van der Waals surface area contributed by atoms with E-state index in [9.17, 15) is 0 Å². The molecular formula is C22H30N3O3S+. The summed E-state index contributed by atoms with van der Waals surface area (Å²) in [6.45, 7) is 6.91. The number of rotatable bonds is 8. The summed E-state index contributed by atoms with van der Waals surface area (Å²) in [4.78, 5) is 1.50. The van der Waals surface area contributed by atoms with Crippen molar-refractivity contribution in [1.82, 2.24) is 5.32 Å².